The van der Waals surface area contributed by atoms with Gasteiger partial charge >= 0.3 is 0 Å². The van der Waals surface area contributed by atoms with Gasteiger partial charge in [-0.3, -0.25) is 0 Å². The molecule has 24 heavy (non-hydrogen) atoms. The van der Waals surface area contributed by atoms with E-state index in [1.165, 1.54) is 0 Å². The predicted molar refractivity (Wildman–Crippen MR) is 98.3 cm³/mol. The van der Waals surface area contributed by atoms with Gasteiger partial charge in [0.1, 0.15) is 5.75 Å². The molecule has 1 unspecified atom stereocenters. The van der Waals surface area contributed by atoms with E-state index in [9.17, 15) is 8.42 Å². The van der Waals surface area contributed by atoms with E-state index in [1.807, 2.05) is 24.3 Å². The number of hydrogen-bond donors (Lipinski definition) is 1. The van der Waals surface area contributed by atoms with Crippen molar-refractivity contribution in [2.75, 3.05) is 32.5 Å². The third kappa shape index (κ3) is 4.23. The second-order valence-electron chi connectivity index (χ2n) is 6.50. The lowest BCUT2D eigenvalue weighted by Gasteiger charge is -2.36. The van der Waals surface area contributed by atoms with Gasteiger partial charge < -0.3 is 10.1 Å². The van der Waals surface area contributed by atoms with Gasteiger partial charge in [0.25, 0.3) is 0 Å². The van der Waals surface area contributed by atoms with Crippen molar-refractivity contribution in [1.29, 1.82) is 0 Å². The molecule has 136 valence electrons. The SMILES string of the molecule is COc1ccccc1C1CNCCN1S(=O)(=O)CC1CCCC1.Cl. The molecule has 5 nitrogen and oxygen atoms in total. The van der Waals surface area contributed by atoms with E-state index in [1.54, 1.807) is 11.4 Å². The number of piperazine rings is 1. The minimum atomic E-state index is -3.25. The van der Waals surface area contributed by atoms with E-state index in [4.69, 9.17) is 4.74 Å². The summed E-state index contributed by atoms with van der Waals surface area (Å²) < 4.78 is 33.1. The molecule has 1 N–H and O–H groups in total. The fraction of sp³-hybridized carbons (Fsp3) is 0.647. The lowest BCUT2D eigenvalue weighted by molar-refractivity contribution is 0.263. The first-order valence-electron chi connectivity index (χ1n) is 8.45. The van der Waals surface area contributed by atoms with Crippen LogP contribution in [0.3, 0.4) is 0 Å². The van der Waals surface area contributed by atoms with Crippen LogP contribution in [-0.4, -0.2) is 45.2 Å². The Morgan fingerprint density at radius 2 is 1.96 bits per heavy atom. The molecule has 1 aliphatic heterocycles. The topological polar surface area (TPSA) is 58.6 Å². The molecule has 7 heteroatoms. The van der Waals surface area contributed by atoms with E-state index in [0.717, 1.165) is 37.0 Å². The maximum atomic E-state index is 13.0. The number of nitrogens with one attached hydrogen (secondary N) is 1. The van der Waals surface area contributed by atoms with Crippen LogP contribution in [0.2, 0.25) is 0 Å². The van der Waals surface area contributed by atoms with Gasteiger partial charge in [-0.25, -0.2) is 8.42 Å². The number of para-hydroxylation sites is 1. The number of sulfonamides is 1. The number of benzene rings is 1. The number of rotatable bonds is 5. The third-order valence-electron chi connectivity index (χ3n) is 4.97. The molecule has 1 atom stereocenters. The number of nitrogens with zero attached hydrogens (tertiary/aromatic N) is 1. The predicted octanol–water partition coefficient (Wildman–Crippen LogP) is 2.58. The maximum Gasteiger partial charge on any atom is 0.215 e. The van der Waals surface area contributed by atoms with Crippen LogP contribution in [0.15, 0.2) is 24.3 Å². The molecule has 1 aromatic carbocycles. The smallest absolute Gasteiger partial charge is 0.215 e. The molecule has 0 spiro atoms. The van der Waals surface area contributed by atoms with Crippen molar-refractivity contribution < 1.29 is 13.2 Å². The number of halogens is 1. The average Bonchev–Trinajstić information content (AvgIpc) is 3.07. The Hall–Kier alpha value is -0.820. The molecular weight excluding hydrogens is 348 g/mol. The van der Waals surface area contributed by atoms with E-state index in [2.05, 4.69) is 5.32 Å². The van der Waals surface area contributed by atoms with Crippen molar-refractivity contribution in [3.8, 4) is 5.75 Å². The van der Waals surface area contributed by atoms with Crippen LogP contribution in [0.1, 0.15) is 37.3 Å². The largest absolute Gasteiger partial charge is 0.496 e. The average molecular weight is 375 g/mol. The summed E-state index contributed by atoms with van der Waals surface area (Å²) in [5.74, 6) is 1.37. The zero-order chi connectivity index (χ0) is 16.3. The number of hydrogen-bond acceptors (Lipinski definition) is 4. The highest BCUT2D eigenvalue weighted by molar-refractivity contribution is 7.89. The quantitative estimate of drug-likeness (QED) is 0.860. The summed E-state index contributed by atoms with van der Waals surface area (Å²) in [5.41, 5.74) is 0.942. The van der Waals surface area contributed by atoms with Gasteiger partial charge in [-0.1, -0.05) is 31.0 Å². The molecule has 3 rings (SSSR count). The molecule has 0 bridgehead atoms. The van der Waals surface area contributed by atoms with Crippen LogP contribution in [0.25, 0.3) is 0 Å². The fourth-order valence-electron chi connectivity index (χ4n) is 3.80. The molecule has 0 aromatic heterocycles. The second-order valence-corrected chi connectivity index (χ2v) is 8.47. The van der Waals surface area contributed by atoms with Crippen LogP contribution in [-0.2, 0) is 10.0 Å². The van der Waals surface area contributed by atoms with Gasteiger partial charge in [-0.05, 0) is 24.8 Å². The minimum absolute atomic E-state index is 0. The molecule has 1 heterocycles. The molecule has 0 amide bonds. The monoisotopic (exact) mass is 374 g/mol. The van der Waals surface area contributed by atoms with Gasteiger partial charge in [0.2, 0.25) is 10.0 Å². The maximum absolute atomic E-state index is 13.0. The highest BCUT2D eigenvalue weighted by atomic mass is 35.5. The molecule has 2 fully saturated rings. The van der Waals surface area contributed by atoms with Crippen molar-refractivity contribution in [1.82, 2.24) is 9.62 Å². The van der Waals surface area contributed by atoms with E-state index < -0.39 is 10.0 Å². The van der Waals surface area contributed by atoms with Crippen molar-refractivity contribution in [3.63, 3.8) is 0 Å². The first-order chi connectivity index (χ1) is 11.1. The van der Waals surface area contributed by atoms with Crippen LogP contribution < -0.4 is 10.1 Å². The zero-order valence-electron chi connectivity index (χ0n) is 14.1. The summed E-state index contributed by atoms with van der Waals surface area (Å²) in [7, 11) is -1.62. The normalized spacial score (nSPS) is 23.0. The summed E-state index contributed by atoms with van der Waals surface area (Å²) in [6.45, 7) is 1.86. The lowest BCUT2D eigenvalue weighted by atomic mass is 10.0. The summed E-state index contributed by atoms with van der Waals surface area (Å²) in [5, 5.41) is 3.32. The van der Waals surface area contributed by atoms with Crippen molar-refractivity contribution >= 4 is 22.4 Å². The zero-order valence-corrected chi connectivity index (χ0v) is 15.7. The van der Waals surface area contributed by atoms with Gasteiger partial charge in [-0.15, -0.1) is 12.4 Å². The molecular formula is C17H27ClN2O3S. The first-order valence-corrected chi connectivity index (χ1v) is 10.1. The summed E-state index contributed by atoms with van der Waals surface area (Å²) in [4.78, 5) is 0. The standard InChI is InChI=1S/C17H26N2O3S.ClH/c1-22-17-9-5-4-8-15(17)16-12-18-10-11-19(16)23(20,21)13-14-6-2-3-7-14;/h4-5,8-9,14,16,18H,2-3,6-7,10-13H2,1H3;1H. The van der Waals surface area contributed by atoms with Crippen molar-refractivity contribution in [2.24, 2.45) is 5.92 Å². The summed E-state index contributed by atoms with van der Waals surface area (Å²) in [6.07, 6.45) is 4.42. The Bertz CT molecular complexity index is 632. The van der Waals surface area contributed by atoms with E-state index in [-0.39, 0.29) is 18.4 Å². The van der Waals surface area contributed by atoms with Crippen LogP contribution in [0.5, 0.6) is 5.75 Å². The molecule has 1 aromatic rings. The Morgan fingerprint density at radius 3 is 2.67 bits per heavy atom. The van der Waals surface area contributed by atoms with E-state index in [0.29, 0.717) is 31.3 Å². The first kappa shape index (κ1) is 19.5. The Kier molecular flexibility index (Phi) is 6.92. The molecule has 2 aliphatic rings. The van der Waals surface area contributed by atoms with Gasteiger partial charge in [0.15, 0.2) is 0 Å². The second kappa shape index (κ2) is 8.52. The third-order valence-corrected chi connectivity index (χ3v) is 7.01. The molecule has 1 aliphatic carbocycles. The fourth-order valence-corrected chi connectivity index (χ4v) is 5.86. The molecule has 0 radical (unpaired) electrons. The molecule has 1 saturated heterocycles. The highest BCUT2D eigenvalue weighted by Crippen LogP contribution is 2.34. The van der Waals surface area contributed by atoms with Crippen molar-refractivity contribution in [3.05, 3.63) is 29.8 Å². The molecule has 1 saturated carbocycles. The van der Waals surface area contributed by atoms with Crippen LogP contribution >= 0.6 is 12.4 Å². The summed E-state index contributed by atoms with van der Waals surface area (Å²) >= 11 is 0. The lowest BCUT2D eigenvalue weighted by Crippen LogP contribution is -2.49. The van der Waals surface area contributed by atoms with Crippen LogP contribution in [0, 0.1) is 5.92 Å². The minimum Gasteiger partial charge on any atom is -0.496 e. The number of methoxy groups -OCH3 is 1. The van der Waals surface area contributed by atoms with E-state index >= 15 is 0 Å². The Morgan fingerprint density at radius 1 is 1.25 bits per heavy atom. The van der Waals surface area contributed by atoms with Crippen molar-refractivity contribution in [2.45, 2.75) is 31.7 Å². The van der Waals surface area contributed by atoms with Crippen LogP contribution in [0.4, 0.5) is 0 Å². The summed E-state index contributed by atoms with van der Waals surface area (Å²) in [6, 6.07) is 7.52. The van der Waals surface area contributed by atoms with Gasteiger partial charge in [0, 0.05) is 25.2 Å². The van der Waals surface area contributed by atoms with Gasteiger partial charge in [0.05, 0.1) is 18.9 Å². The highest BCUT2D eigenvalue weighted by Gasteiger charge is 2.36. The Labute approximate surface area is 151 Å². The van der Waals surface area contributed by atoms with Gasteiger partial charge in [-0.2, -0.15) is 4.31 Å². The number of ether oxygens (including phenoxy) is 1. The Balaban J connectivity index is 0.00000208.